The van der Waals surface area contributed by atoms with Crippen LogP contribution in [0.4, 0.5) is 0 Å². The van der Waals surface area contributed by atoms with E-state index in [9.17, 15) is 9.90 Å². The summed E-state index contributed by atoms with van der Waals surface area (Å²) >= 11 is 0. The van der Waals surface area contributed by atoms with Crippen molar-refractivity contribution in [2.75, 3.05) is 0 Å². The highest BCUT2D eigenvalue weighted by Crippen LogP contribution is 2.18. The van der Waals surface area contributed by atoms with E-state index in [-0.39, 0.29) is 6.42 Å². The van der Waals surface area contributed by atoms with Crippen LogP contribution in [0.1, 0.15) is 95.6 Å². The first-order chi connectivity index (χ1) is 13.4. The van der Waals surface area contributed by atoms with Crippen LogP contribution in [0.3, 0.4) is 0 Å². The van der Waals surface area contributed by atoms with E-state index < -0.39 is 11.6 Å². The molecule has 3 nitrogen and oxygen atoms in total. The van der Waals surface area contributed by atoms with Crippen LogP contribution in [0.2, 0.25) is 0 Å². The molecule has 1 atom stereocenters. The Balaban J connectivity index is 2.22. The predicted octanol–water partition coefficient (Wildman–Crippen LogP) is 5.92. The highest BCUT2D eigenvalue weighted by molar-refractivity contribution is 5.67. The second-order valence-electron chi connectivity index (χ2n) is 8.14. The minimum Gasteiger partial charge on any atom is -0.481 e. The Bertz CT molecular complexity index is 605. The first kappa shape index (κ1) is 24.2. The number of carbonyl (C=O) groups is 1. The van der Waals surface area contributed by atoms with Gasteiger partial charge in [0.2, 0.25) is 0 Å². The third-order valence-electron chi connectivity index (χ3n) is 4.99. The van der Waals surface area contributed by atoms with Crippen molar-refractivity contribution in [2.45, 2.75) is 103 Å². The number of hydrogen-bond donors (Lipinski definition) is 2. The summed E-state index contributed by atoms with van der Waals surface area (Å²) in [4.78, 5) is 10.6. The van der Waals surface area contributed by atoms with E-state index in [2.05, 4.69) is 18.8 Å². The Hall–Kier alpha value is -1.79. The van der Waals surface area contributed by atoms with Crippen LogP contribution in [0.25, 0.3) is 0 Å². The Kier molecular flexibility index (Phi) is 12.3. The molecule has 0 aliphatic carbocycles. The lowest BCUT2D eigenvalue weighted by Gasteiger charge is -2.20. The molecule has 0 amide bonds. The first-order valence-electron chi connectivity index (χ1n) is 10.9. The van der Waals surface area contributed by atoms with Crippen molar-refractivity contribution in [3.8, 4) is 11.8 Å². The molecule has 0 spiro atoms. The molecule has 1 aromatic rings. The van der Waals surface area contributed by atoms with Crippen molar-refractivity contribution in [2.24, 2.45) is 0 Å². The van der Waals surface area contributed by atoms with E-state index in [0.717, 1.165) is 24.0 Å². The highest BCUT2D eigenvalue weighted by Gasteiger charge is 2.19. The van der Waals surface area contributed by atoms with Crippen molar-refractivity contribution in [3.05, 3.63) is 35.4 Å². The Labute approximate surface area is 171 Å². The second kappa shape index (κ2) is 14.2. The molecule has 0 bridgehead atoms. The van der Waals surface area contributed by atoms with E-state index in [1.807, 2.05) is 31.2 Å². The summed E-state index contributed by atoms with van der Waals surface area (Å²) in [5, 5.41) is 19.3. The van der Waals surface area contributed by atoms with Gasteiger partial charge in [-0.25, -0.2) is 0 Å². The van der Waals surface area contributed by atoms with Crippen molar-refractivity contribution >= 4 is 5.97 Å². The Morgan fingerprint density at radius 2 is 1.50 bits per heavy atom. The smallest absolute Gasteiger partial charge is 0.303 e. The van der Waals surface area contributed by atoms with Gasteiger partial charge in [0, 0.05) is 25.7 Å². The maximum Gasteiger partial charge on any atom is 0.303 e. The Morgan fingerprint density at radius 1 is 0.929 bits per heavy atom. The van der Waals surface area contributed by atoms with Crippen LogP contribution in [-0.2, 0) is 17.6 Å². The van der Waals surface area contributed by atoms with Gasteiger partial charge in [-0.2, -0.15) is 0 Å². The predicted molar refractivity (Wildman–Crippen MR) is 116 cm³/mol. The summed E-state index contributed by atoms with van der Waals surface area (Å²) in [6.07, 6.45) is 13.1. The molecule has 156 valence electrons. The molecule has 2 N–H and O–H groups in total. The number of unbranched alkanes of at least 4 members (excludes halogenated alkanes) is 8. The van der Waals surface area contributed by atoms with Gasteiger partial charge in [-0.05, 0) is 30.9 Å². The standard InChI is InChI=1S/C25H38O3/c1-3-4-5-6-7-8-9-10-11-12-13-20-25(2,28)21-23-16-14-22(15-17-23)18-19-24(26)27/h14-17,28H,3-11,18-21H2,1-2H3,(H,26,27). The molecule has 3 heteroatoms. The van der Waals surface area contributed by atoms with Crippen LogP contribution < -0.4 is 0 Å². The van der Waals surface area contributed by atoms with Gasteiger partial charge in [-0.15, -0.1) is 11.8 Å². The van der Waals surface area contributed by atoms with Crippen LogP contribution in [0.15, 0.2) is 24.3 Å². The number of carboxylic acid groups (broad SMARTS) is 1. The SMILES string of the molecule is CCCCCCCCCCC#CCC(C)(O)Cc1ccc(CCC(=O)O)cc1. The quantitative estimate of drug-likeness (QED) is 0.308. The number of carboxylic acids is 1. The molecule has 1 aromatic carbocycles. The number of aliphatic carboxylic acids is 1. The second-order valence-corrected chi connectivity index (χ2v) is 8.14. The number of benzene rings is 1. The van der Waals surface area contributed by atoms with Gasteiger partial charge in [0.05, 0.1) is 5.60 Å². The third-order valence-corrected chi connectivity index (χ3v) is 4.99. The number of aliphatic hydroxyl groups is 1. The van der Waals surface area contributed by atoms with E-state index in [0.29, 0.717) is 19.3 Å². The van der Waals surface area contributed by atoms with Crippen LogP contribution in [0.5, 0.6) is 0 Å². The fourth-order valence-electron chi connectivity index (χ4n) is 3.27. The van der Waals surface area contributed by atoms with Gasteiger partial charge in [0.15, 0.2) is 0 Å². The van der Waals surface area contributed by atoms with Gasteiger partial charge >= 0.3 is 5.97 Å². The van der Waals surface area contributed by atoms with Gasteiger partial charge in [0.1, 0.15) is 0 Å². The molecule has 0 radical (unpaired) electrons. The third kappa shape index (κ3) is 12.6. The van der Waals surface area contributed by atoms with Crippen LogP contribution >= 0.6 is 0 Å². The molecule has 0 fully saturated rings. The molecule has 1 rings (SSSR count). The molecule has 0 aliphatic rings. The average Bonchev–Trinajstić information content (AvgIpc) is 2.65. The van der Waals surface area contributed by atoms with Crippen molar-refractivity contribution in [1.29, 1.82) is 0 Å². The molecule has 0 aliphatic heterocycles. The van der Waals surface area contributed by atoms with Gasteiger partial charge in [-0.1, -0.05) is 76.1 Å². The number of aryl methyl sites for hydroxylation is 1. The normalized spacial score (nSPS) is 12.8. The lowest BCUT2D eigenvalue weighted by atomic mass is 9.92. The molecule has 0 heterocycles. The largest absolute Gasteiger partial charge is 0.481 e. The van der Waals surface area contributed by atoms with Crippen LogP contribution in [0, 0.1) is 11.8 Å². The molecular formula is C25H38O3. The molecule has 0 saturated heterocycles. The van der Waals surface area contributed by atoms with E-state index in [4.69, 9.17) is 5.11 Å². The summed E-state index contributed by atoms with van der Waals surface area (Å²) in [6.45, 7) is 4.08. The van der Waals surface area contributed by atoms with E-state index in [1.165, 1.54) is 44.9 Å². The van der Waals surface area contributed by atoms with Gasteiger partial charge < -0.3 is 10.2 Å². The maximum atomic E-state index is 10.6. The number of hydrogen-bond acceptors (Lipinski definition) is 2. The maximum absolute atomic E-state index is 10.6. The molecule has 28 heavy (non-hydrogen) atoms. The summed E-state index contributed by atoms with van der Waals surface area (Å²) in [5.41, 5.74) is 1.22. The summed E-state index contributed by atoms with van der Waals surface area (Å²) in [6, 6.07) is 7.84. The zero-order chi connectivity index (χ0) is 20.7. The van der Waals surface area contributed by atoms with Crippen molar-refractivity contribution in [3.63, 3.8) is 0 Å². The average molecular weight is 387 g/mol. The van der Waals surface area contributed by atoms with Crippen molar-refractivity contribution in [1.82, 2.24) is 0 Å². The summed E-state index contributed by atoms with van der Waals surface area (Å²) in [7, 11) is 0. The zero-order valence-electron chi connectivity index (χ0n) is 17.8. The van der Waals surface area contributed by atoms with E-state index >= 15 is 0 Å². The monoisotopic (exact) mass is 386 g/mol. The fourth-order valence-corrected chi connectivity index (χ4v) is 3.27. The molecule has 0 aromatic heterocycles. The highest BCUT2D eigenvalue weighted by atomic mass is 16.4. The lowest BCUT2D eigenvalue weighted by Crippen LogP contribution is -2.26. The summed E-state index contributed by atoms with van der Waals surface area (Å²) < 4.78 is 0. The van der Waals surface area contributed by atoms with Gasteiger partial charge in [-0.3, -0.25) is 4.79 Å². The topological polar surface area (TPSA) is 57.5 Å². The van der Waals surface area contributed by atoms with Crippen LogP contribution in [-0.4, -0.2) is 21.8 Å². The molecule has 1 unspecified atom stereocenters. The molecular weight excluding hydrogens is 348 g/mol. The van der Waals surface area contributed by atoms with Crippen molar-refractivity contribution < 1.29 is 15.0 Å². The van der Waals surface area contributed by atoms with E-state index in [1.54, 1.807) is 0 Å². The summed E-state index contributed by atoms with van der Waals surface area (Å²) in [5.74, 6) is 5.57. The zero-order valence-corrected chi connectivity index (χ0v) is 17.8. The first-order valence-corrected chi connectivity index (χ1v) is 10.9. The minimum atomic E-state index is -0.838. The minimum absolute atomic E-state index is 0.144. The fraction of sp³-hybridized carbons (Fsp3) is 0.640. The van der Waals surface area contributed by atoms with Gasteiger partial charge in [0.25, 0.3) is 0 Å². The molecule has 0 saturated carbocycles. The number of rotatable bonds is 14. The Morgan fingerprint density at radius 3 is 2.11 bits per heavy atom. The lowest BCUT2D eigenvalue weighted by molar-refractivity contribution is -0.136.